The number of rotatable bonds is 5. The van der Waals surface area contributed by atoms with Crippen molar-refractivity contribution in [3.63, 3.8) is 0 Å². The van der Waals surface area contributed by atoms with E-state index >= 15 is 0 Å². The molecule has 0 saturated carbocycles. The normalized spacial score (nSPS) is 11.8. The topological polar surface area (TPSA) is 81.1 Å². The van der Waals surface area contributed by atoms with Gasteiger partial charge < -0.3 is 4.57 Å². The number of benzene rings is 1. The van der Waals surface area contributed by atoms with Gasteiger partial charge in [-0.3, -0.25) is 9.78 Å². The minimum Gasteiger partial charge on any atom is -0.309 e. The summed E-state index contributed by atoms with van der Waals surface area (Å²) in [6.45, 7) is 1.67. The van der Waals surface area contributed by atoms with Gasteiger partial charge in [0, 0.05) is 43.0 Å². The molecule has 0 radical (unpaired) electrons. The second kappa shape index (κ2) is 6.97. The van der Waals surface area contributed by atoms with Crippen LogP contribution >= 0.6 is 0 Å². The van der Waals surface area contributed by atoms with Crippen LogP contribution in [0.5, 0.6) is 0 Å². The Balaban J connectivity index is 2.01. The molecule has 1 N–H and O–H groups in total. The van der Waals surface area contributed by atoms with Gasteiger partial charge in [0.15, 0.2) is 0 Å². The van der Waals surface area contributed by atoms with Crippen LogP contribution in [0.2, 0.25) is 0 Å². The zero-order chi connectivity index (χ0) is 18.9. The van der Waals surface area contributed by atoms with Crippen molar-refractivity contribution in [1.82, 2.24) is 14.3 Å². The Bertz CT molecular complexity index is 1140. The highest BCUT2D eigenvalue weighted by molar-refractivity contribution is 7.89. The van der Waals surface area contributed by atoms with Gasteiger partial charge in [-0.2, -0.15) is 0 Å². The lowest BCUT2D eigenvalue weighted by Crippen LogP contribution is -2.24. The van der Waals surface area contributed by atoms with Crippen molar-refractivity contribution in [2.45, 2.75) is 13.5 Å². The lowest BCUT2D eigenvalue weighted by molar-refractivity contribution is 0.582. The van der Waals surface area contributed by atoms with Crippen molar-refractivity contribution < 1.29 is 12.8 Å². The number of fused-ring (bicyclic) bond motifs is 1. The molecule has 2 heterocycles. The minimum absolute atomic E-state index is 0.00523. The molecule has 8 heteroatoms. The maximum atomic E-state index is 14.6. The van der Waals surface area contributed by atoms with Gasteiger partial charge in [-0.1, -0.05) is 0 Å². The second-order valence-corrected chi connectivity index (χ2v) is 8.03. The Morgan fingerprint density at radius 2 is 1.92 bits per heavy atom. The molecular weight excluding hydrogens is 357 g/mol. The monoisotopic (exact) mass is 375 g/mol. The van der Waals surface area contributed by atoms with Crippen molar-refractivity contribution in [3.8, 4) is 11.1 Å². The van der Waals surface area contributed by atoms with Crippen molar-refractivity contribution in [2.24, 2.45) is 7.05 Å². The first-order valence-corrected chi connectivity index (χ1v) is 9.67. The second-order valence-electron chi connectivity index (χ2n) is 5.93. The predicted octanol–water partition coefficient (Wildman–Crippen LogP) is 2.18. The van der Waals surface area contributed by atoms with Gasteiger partial charge in [0.2, 0.25) is 10.0 Å². The van der Waals surface area contributed by atoms with Gasteiger partial charge >= 0.3 is 0 Å². The van der Waals surface area contributed by atoms with Crippen molar-refractivity contribution >= 4 is 20.9 Å². The Hall–Kier alpha value is -2.58. The lowest BCUT2D eigenvalue weighted by Gasteiger charge is -2.10. The molecule has 6 nitrogen and oxygen atoms in total. The number of hydrogen-bond donors (Lipinski definition) is 1. The number of hydrogen-bond acceptors (Lipinski definition) is 4. The van der Waals surface area contributed by atoms with Crippen LogP contribution in [-0.4, -0.2) is 23.7 Å². The third kappa shape index (κ3) is 3.66. The lowest BCUT2D eigenvalue weighted by atomic mass is 10.0. The molecule has 136 valence electrons. The zero-order valence-electron chi connectivity index (χ0n) is 14.4. The maximum Gasteiger partial charge on any atom is 0.250 e. The van der Waals surface area contributed by atoms with Crippen molar-refractivity contribution in [3.05, 3.63) is 64.5 Å². The minimum atomic E-state index is -3.31. The number of sulfonamides is 1. The van der Waals surface area contributed by atoms with Gasteiger partial charge in [-0.05, 0) is 42.3 Å². The molecule has 26 heavy (non-hydrogen) atoms. The summed E-state index contributed by atoms with van der Waals surface area (Å²) in [5.41, 5.74) is 1.88. The van der Waals surface area contributed by atoms with E-state index in [-0.39, 0.29) is 23.4 Å². The van der Waals surface area contributed by atoms with Gasteiger partial charge in [0.25, 0.3) is 5.56 Å². The van der Waals surface area contributed by atoms with Gasteiger partial charge in [-0.15, -0.1) is 0 Å². The Morgan fingerprint density at radius 3 is 2.65 bits per heavy atom. The zero-order valence-corrected chi connectivity index (χ0v) is 15.2. The Labute approximate surface area is 150 Å². The van der Waals surface area contributed by atoms with Gasteiger partial charge in [0.05, 0.1) is 11.3 Å². The SMILES string of the molecule is CCS(=O)(=O)NCc1cncc(-c2cc(F)c3c(ccc(=O)n3C)c2)c1. The molecule has 0 fully saturated rings. The molecule has 1 aromatic carbocycles. The van der Waals surface area contributed by atoms with Crippen molar-refractivity contribution in [1.29, 1.82) is 0 Å². The molecule has 0 aliphatic rings. The van der Waals surface area contributed by atoms with Gasteiger partial charge in [0.1, 0.15) is 5.82 Å². The van der Waals surface area contributed by atoms with E-state index < -0.39 is 15.8 Å². The van der Waals surface area contributed by atoms with Crippen LogP contribution in [0, 0.1) is 5.82 Å². The standard InChI is InChI=1S/C18H18FN3O3S/c1-3-26(24,25)21-10-12-6-15(11-20-9-12)14-7-13-4-5-17(23)22(2)18(13)16(19)8-14/h4-9,11,21H,3,10H2,1-2H3. The summed E-state index contributed by atoms with van der Waals surface area (Å²) in [6.07, 6.45) is 3.14. The molecule has 0 unspecified atom stereocenters. The fourth-order valence-electron chi connectivity index (χ4n) is 2.69. The number of nitrogens with one attached hydrogen (secondary N) is 1. The van der Waals surface area contributed by atoms with E-state index in [4.69, 9.17) is 0 Å². The highest BCUT2D eigenvalue weighted by Gasteiger charge is 2.11. The molecule has 3 aromatic rings. The first-order valence-electron chi connectivity index (χ1n) is 8.01. The van der Waals surface area contributed by atoms with Gasteiger partial charge in [-0.25, -0.2) is 17.5 Å². The fourth-order valence-corrected chi connectivity index (χ4v) is 3.28. The largest absolute Gasteiger partial charge is 0.309 e. The van der Waals surface area contributed by atoms with E-state index in [0.717, 1.165) is 0 Å². The van der Waals surface area contributed by atoms with E-state index in [1.54, 1.807) is 37.5 Å². The van der Waals surface area contributed by atoms with Crippen LogP contribution in [0.4, 0.5) is 4.39 Å². The molecule has 0 bridgehead atoms. The number of nitrogens with zero attached hydrogens (tertiary/aromatic N) is 2. The molecule has 0 saturated heterocycles. The highest BCUT2D eigenvalue weighted by Crippen LogP contribution is 2.26. The summed E-state index contributed by atoms with van der Waals surface area (Å²) in [6, 6.07) is 7.85. The Kier molecular flexibility index (Phi) is 4.88. The summed E-state index contributed by atoms with van der Waals surface area (Å²) in [7, 11) is -1.79. The van der Waals surface area contributed by atoms with Crippen LogP contribution in [0.1, 0.15) is 12.5 Å². The summed E-state index contributed by atoms with van der Waals surface area (Å²) in [4.78, 5) is 15.8. The maximum absolute atomic E-state index is 14.6. The van der Waals surface area contributed by atoms with Crippen molar-refractivity contribution in [2.75, 3.05) is 5.75 Å². The smallest absolute Gasteiger partial charge is 0.250 e. The van der Waals surface area contributed by atoms with Crippen LogP contribution in [0.25, 0.3) is 22.0 Å². The van der Waals surface area contributed by atoms with E-state index in [1.165, 1.54) is 23.7 Å². The molecule has 0 amide bonds. The number of halogens is 1. The van der Waals surface area contributed by atoms with E-state index in [9.17, 15) is 17.6 Å². The summed E-state index contributed by atoms with van der Waals surface area (Å²) < 4.78 is 41.4. The van der Waals surface area contributed by atoms with E-state index in [2.05, 4.69) is 9.71 Å². The molecule has 0 spiro atoms. The number of aromatic nitrogens is 2. The van der Waals surface area contributed by atoms with E-state index in [1.807, 2.05) is 0 Å². The third-order valence-electron chi connectivity index (χ3n) is 4.17. The first kappa shape index (κ1) is 18.2. The summed E-state index contributed by atoms with van der Waals surface area (Å²) >= 11 is 0. The molecule has 3 rings (SSSR count). The average molecular weight is 375 g/mol. The Morgan fingerprint density at radius 1 is 1.15 bits per heavy atom. The van der Waals surface area contributed by atoms with E-state index in [0.29, 0.717) is 22.1 Å². The first-order chi connectivity index (χ1) is 12.3. The van der Waals surface area contributed by atoms with Crippen LogP contribution in [-0.2, 0) is 23.6 Å². The average Bonchev–Trinajstić information content (AvgIpc) is 2.63. The molecule has 2 aromatic heterocycles. The molecule has 0 aliphatic carbocycles. The van der Waals surface area contributed by atoms with Crippen LogP contribution in [0.3, 0.4) is 0 Å². The molecule has 0 atom stereocenters. The summed E-state index contributed by atoms with van der Waals surface area (Å²) in [5.74, 6) is -0.510. The van der Waals surface area contributed by atoms with Crippen LogP contribution < -0.4 is 10.3 Å². The van der Waals surface area contributed by atoms with Crippen LogP contribution in [0.15, 0.2) is 47.5 Å². The fraction of sp³-hybridized carbons (Fsp3) is 0.222. The highest BCUT2D eigenvalue weighted by atomic mass is 32.2. The third-order valence-corrected chi connectivity index (χ3v) is 5.51. The quantitative estimate of drug-likeness (QED) is 0.741. The molecular formula is C18H18FN3O3S. The summed E-state index contributed by atoms with van der Waals surface area (Å²) in [5, 5.41) is 0.596. The molecule has 0 aliphatic heterocycles. The number of pyridine rings is 2. The number of aryl methyl sites for hydroxylation is 1. The predicted molar refractivity (Wildman–Crippen MR) is 98.7 cm³/mol.